The molecule has 4 nitrogen and oxygen atoms in total. The molecule has 0 aliphatic heterocycles. The minimum atomic E-state index is 0.459. The number of nitrogens with two attached hydrogens (primary N) is 1. The molecule has 1 aliphatic rings. The van der Waals surface area contributed by atoms with Gasteiger partial charge in [0.1, 0.15) is 5.52 Å². The molecule has 1 aromatic heterocycles. The van der Waals surface area contributed by atoms with Gasteiger partial charge in [0.2, 0.25) is 0 Å². The predicted molar refractivity (Wildman–Crippen MR) is 78.0 cm³/mol. The van der Waals surface area contributed by atoms with E-state index >= 15 is 0 Å². The number of nitrogen functional groups attached to an aromatic ring is 1. The average molecular weight is 259 g/mol. The molecule has 1 saturated carbocycles. The molecule has 19 heavy (non-hydrogen) atoms. The molecule has 1 fully saturated rings. The Labute approximate surface area is 113 Å². The van der Waals surface area contributed by atoms with E-state index in [0.29, 0.717) is 17.7 Å². The third-order valence-electron chi connectivity index (χ3n) is 4.38. The van der Waals surface area contributed by atoms with Gasteiger partial charge >= 0.3 is 0 Å². The Morgan fingerprint density at radius 1 is 1.26 bits per heavy atom. The number of para-hydroxylation sites is 1. The van der Waals surface area contributed by atoms with Crippen LogP contribution < -0.4 is 11.1 Å². The molecule has 3 rings (SSSR count). The highest BCUT2D eigenvalue weighted by molar-refractivity contribution is 5.86. The number of anilines is 2. The fraction of sp³-hybridized carbons (Fsp3) is 0.533. The number of rotatable bonds is 2. The second-order valence-corrected chi connectivity index (χ2v) is 5.82. The Hall–Kier alpha value is -1.71. The van der Waals surface area contributed by atoms with Gasteiger partial charge in [-0.1, -0.05) is 19.9 Å². The first kappa shape index (κ1) is 12.3. The summed E-state index contributed by atoms with van der Waals surface area (Å²) in [5, 5.41) is 3.42. The molecular formula is C15H21N3O. The lowest BCUT2D eigenvalue weighted by Crippen LogP contribution is -2.30. The van der Waals surface area contributed by atoms with Crippen molar-refractivity contribution in [3.05, 3.63) is 18.2 Å². The molecule has 2 aromatic rings. The third kappa shape index (κ3) is 2.39. The minimum absolute atomic E-state index is 0.459. The molecule has 102 valence electrons. The topological polar surface area (TPSA) is 64.1 Å². The fourth-order valence-corrected chi connectivity index (χ4v) is 2.88. The molecule has 0 amide bonds. The van der Waals surface area contributed by atoms with E-state index < -0.39 is 0 Å². The Morgan fingerprint density at radius 2 is 2.11 bits per heavy atom. The Bertz CT molecular complexity index is 578. The zero-order valence-electron chi connectivity index (χ0n) is 11.5. The summed E-state index contributed by atoms with van der Waals surface area (Å²) < 4.78 is 5.71. The van der Waals surface area contributed by atoms with Crippen LogP contribution in [0.15, 0.2) is 22.6 Å². The molecule has 4 heteroatoms. The largest absolute Gasteiger partial charge is 0.423 e. The van der Waals surface area contributed by atoms with Crippen molar-refractivity contribution in [2.75, 3.05) is 11.1 Å². The molecular weight excluding hydrogens is 238 g/mol. The Morgan fingerprint density at radius 3 is 2.84 bits per heavy atom. The molecule has 1 aromatic carbocycles. The van der Waals surface area contributed by atoms with Crippen molar-refractivity contribution in [3.63, 3.8) is 0 Å². The summed E-state index contributed by atoms with van der Waals surface area (Å²) >= 11 is 0. The van der Waals surface area contributed by atoms with E-state index in [9.17, 15) is 0 Å². The molecule has 0 saturated heterocycles. The first-order chi connectivity index (χ1) is 9.13. The van der Waals surface area contributed by atoms with Crippen LogP contribution in [0.25, 0.3) is 11.1 Å². The number of benzene rings is 1. The van der Waals surface area contributed by atoms with Crippen LogP contribution in [0, 0.1) is 11.8 Å². The summed E-state index contributed by atoms with van der Waals surface area (Å²) in [7, 11) is 0. The van der Waals surface area contributed by atoms with Crippen LogP contribution in [-0.2, 0) is 0 Å². The highest BCUT2D eigenvalue weighted by Crippen LogP contribution is 2.32. The van der Waals surface area contributed by atoms with Gasteiger partial charge < -0.3 is 15.5 Å². The summed E-state index contributed by atoms with van der Waals surface area (Å²) in [6, 6.07) is 6.69. The normalized spacial score (nSPS) is 27.6. The first-order valence-corrected chi connectivity index (χ1v) is 7.05. The lowest BCUT2D eigenvalue weighted by atomic mass is 9.79. The summed E-state index contributed by atoms with van der Waals surface area (Å²) in [5.74, 6) is 1.57. The smallest absolute Gasteiger partial charge is 0.295 e. The van der Waals surface area contributed by atoms with Gasteiger partial charge in [-0.15, -0.1) is 0 Å². The van der Waals surface area contributed by atoms with E-state index in [1.165, 1.54) is 19.3 Å². The zero-order chi connectivity index (χ0) is 13.4. The van der Waals surface area contributed by atoms with Crippen molar-refractivity contribution in [1.82, 2.24) is 4.98 Å². The van der Waals surface area contributed by atoms with Crippen molar-refractivity contribution in [2.24, 2.45) is 11.8 Å². The van der Waals surface area contributed by atoms with E-state index in [0.717, 1.165) is 22.9 Å². The van der Waals surface area contributed by atoms with Crippen LogP contribution in [0.4, 0.5) is 11.7 Å². The number of fused-ring (bicyclic) bond motifs is 1. The molecule has 3 unspecified atom stereocenters. The van der Waals surface area contributed by atoms with Gasteiger partial charge in [-0.2, -0.15) is 4.98 Å². The van der Waals surface area contributed by atoms with Gasteiger partial charge in [-0.05, 0) is 43.2 Å². The number of nitrogens with zero attached hydrogens (tertiary/aromatic N) is 1. The summed E-state index contributed by atoms with van der Waals surface area (Å²) in [6.45, 7) is 4.66. The van der Waals surface area contributed by atoms with E-state index in [4.69, 9.17) is 10.2 Å². The predicted octanol–water partition coefficient (Wildman–Crippen LogP) is 3.65. The maximum absolute atomic E-state index is 5.89. The van der Waals surface area contributed by atoms with Crippen molar-refractivity contribution >= 4 is 22.8 Å². The highest BCUT2D eigenvalue weighted by Gasteiger charge is 2.25. The number of hydrogen-bond acceptors (Lipinski definition) is 4. The summed E-state index contributed by atoms with van der Waals surface area (Å²) in [6.07, 6.45) is 3.62. The number of nitrogens with one attached hydrogen (secondary N) is 1. The second-order valence-electron chi connectivity index (χ2n) is 5.82. The van der Waals surface area contributed by atoms with Crippen LogP contribution in [0.2, 0.25) is 0 Å². The second kappa shape index (κ2) is 4.76. The van der Waals surface area contributed by atoms with Crippen LogP contribution in [0.3, 0.4) is 0 Å². The highest BCUT2D eigenvalue weighted by atomic mass is 16.4. The van der Waals surface area contributed by atoms with E-state index in [1.54, 1.807) is 0 Å². The monoisotopic (exact) mass is 259 g/mol. The zero-order valence-corrected chi connectivity index (χ0v) is 11.5. The number of hydrogen-bond donors (Lipinski definition) is 2. The van der Waals surface area contributed by atoms with Gasteiger partial charge in [0.15, 0.2) is 5.58 Å². The van der Waals surface area contributed by atoms with E-state index in [2.05, 4.69) is 24.1 Å². The molecule has 1 heterocycles. The van der Waals surface area contributed by atoms with Gasteiger partial charge in [0.25, 0.3) is 6.01 Å². The lowest BCUT2D eigenvalue weighted by molar-refractivity contribution is 0.259. The summed E-state index contributed by atoms with van der Waals surface area (Å²) in [4.78, 5) is 4.45. The van der Waals surface area contributed by atoms with Crippen molar-refractivity contribution in [2.45, 2.75) is 39.2 Å². The van der Waals surface area contributed by atoms with E-state index in [-0.39, 0.29) is 0 Å². The third-order valence-corrected chi connectivity index (χ3v) is 4.38. The maximum Gasteiger partial charge on any atom is 0.295 e. The SMILES string of the molecule is CC1CCC(Nc2nc3c(N)cccc3o2)CC1C. The van der Waals surface area contributed by atoms with Gasteiger partial charge in [0.05, 0.1) is 5.69 Å². The van der Waals surface area contributed by atoms with Gasteiger partial charge in [-0.3, -0.25) is 0 Å². The average Bonchev–Trinajstić information content (AvgIpc) is 2.78. The van der Waals surface area contributed by atoms with E-state index in [1.807, 2.05) is 18.2 Å². The quantitative estimate of drug-likeness (QED) is 0.808. The maximum atomic E-state index is 5.89. The molecule has 3 N–H and O–H groups in total. The summed E-state index contributed by atoms with van der Waals surface area (Å²) in [5.41, 5.74) is 8.06. The van der Waals surface area contributed by atoms with Crippen LogP contribution >= 0.6 is 0 Å². The number of aromatic nitrogens is 1. The van der Waals surface area contributed by atoms with Crippen LogP contribution in [0.5, 0.6) is 0 Å². The molecule has 0 spiro atoms. The standard InChI is InChI=1S/C15H21N3O/c1-9-6-7-11(8-10(9)2)17-15-18-14-12(16)4-3-5-13(14)19-15/h3-5,9-11H,6-8,16H2,1-2H3,(H,17,18). The first-order valence-electron chi connectivity index (χ1n) is 7.05. The van der Waals surface area contributed by atoms with Gasteiger partial charge in [-0.25, -0.2) is 0 Å². The van der Waals surface area contributed by atoms with Crippen LogP contribution in [0.1, 0.15) is 33.1 Å². The van der Waals surface area contributed by atoms with Crippen molar-refractivity contribution < 1.29 is 4.42 Å². The molecule has 3 atom stereocenters. The van der Waals surface area contributed by atoms with Crippen molar-refractivity contribution in [1.29, 1.82) is 0 Å². The Balaban J connectivity index is 1.77. The van der Waals surface area contributed by atoms with Crippen LogP contribution in [-0.4, -0.2) is 11.0 Å². The molecule has 0 radical (unpaired) electrons. The number of oxazole rings is 1. The molecule has 0 bridgehead atoms. The minimum Gasteiger partial charge on any atom is -0.423 e. The van der Waals surface area contributed by atoms with Gasteiger partial charge in [0, 0.05) is 6.04 Å². The fourth-order valence-electron chi connectivity index (χ4n) is 2.88. The Kier molecular flexibility index (Phi) is 3.09. The van der Waals surface area contributed by atoms with Crippen molar-refractivity contribution in [3.8, 4) is 0 Å². The lowest BCUT2D eigenvalue weighted by Gasteiger charge is -2.32. The molecule has 1 aliphatic carbocycles.